The number of rotatable bonds is 4. The van der Waals surface area contributed by atoms with Gasteiger partial charge in [0.15, 0.2) is 0 Å². The smallest absolute Gasteiger partial charge is 0.343 e. The number of nitrogens with zero attached hydrogens (tertiary/aromatic N) is 3. The number of halogens is 2. The Bertz CT molecular complexity index is 1130. The van der Waals surface area contributed by atoms with E-state index in [0.717, 1.165) is 19.2 Å². The molecule has 0 saturated heterocycles. The first-order chi connectivity index (χ1) is 14.5. The molecule has 2 heterocycles. The average Bonchev–Trinajstić information content (AvgIpc) is 2.77. The summed E-state index contributed by atoms with van der Waals surface area (Å²) in [5, 5.41) is 2.92. The molecule has 0 saturated carbocycles. The van der Waals surface area contributed by atoms with Gasteiger partial charge < -0.3 is 10.1 Å². The minimum absolute atomic E-state index is 0.141. The maximum absolute atomic E-state index is 14.4. The number of benzene rings is 1. The van der Waals surface area contributed by atoms with Crippen molar-refractivity contribution in [3.05, 3.63) is 70.8 Å². The summed E-state index contributed by atoms with van der Waals surface area (Å²) in [6.45, 7) is 1.89. The lowest BCUT2D eigenvalue weighted by Crippen LogP contribution is -2.08. The fourth-order valence-corrected chi connectivity index (χ4v) is 2.80. The van der Waals surface area contributed by atoms with Crippen LogP contribution in [0.3, 0.4) is 0 Å². The van der Waals surface area contributed by atoms with E-state index >= 15 is 0 Å². The lowest BCUT2D eigenvalue weighted by Gasteiger charge is -2.10. The van der Waals surface area contributed by atoms with Crippen molar-refractivity contribution in [1.82, 2.24) is 15.0 Å². The van der Waals surface area contributed by atoms with Gasteiger partial charge in [-0.25, -0.2) is 28.5 Å². The van der Waals surface area contributed by atoms with E-state index in [9.17, 15) is 13.6 Å². The molecule has 3 aromatic rings. The van der Waals surface area contributed by atoms with Crippen LogP contribution in [0.5, 0.6) is 0 Å². The summed E-state index contributed by atoms with van der Waals surface area (Å²) in [6.07, 6.45) is 3.47. The van der Waals surface area contributed by atoms with Gasteiger partial charge in [0, 0.05) is 24.4 Å². The predicted molar refractivity (Wildman–Crippen MR) is 108 cm³/mol. The molecule has 0 bridgehead atoms. The van der Waals surface area contributed by atoms with E-state index in [2.05, 4.69) is 36.8 Å². The number of nitrogens with one attached hydrogen (secondary N) is 1. The number of anilines is 1. The number of hydrogen-bond donors (Lipinski definition) is 1. The van der Waals surface area contributed by atoms with Crippen molar-refractivity contribution >= 4 is 11.8 Å². The van der Waals surface area contributed by atoms with Crippen LogP contribution in [0, 0.1) is 23.5 Å². The lowest BCUT2D eigenvalue weighted by molar-refractivity contribution is 0.0590. The topological polar surface area (TPSA) is 77.0 Å². The Labute approximate surface area is 172 Å². The molecule has 0 aliphatic heterocycles. The number of esters is 1. The summed E-state index contributed by atoms with van der Waals surface area (Å²) < 4.78 is 33.3. The maximum atomic E-state index is 14.4. The van der Waals surface area contributed by atoms with Gasteiger partial charge in [0.1, 0.15) is 29.3 Å². The maximum Gasteiger partial charge on any atom is 0.343 e. The largest absolute Gasteiger partial charge is 0.465 e. The second-order valence-electron chi connectivity index (χ2n) is 6.14. The summed E-state index contributed by atoms with van der Waals surface area (Å²) in [5.41, 5.74) is 1.39. The molecule has 0 spiro atoms. The Hall–Kier alpha value is -3.86. The standard InChI is InChI=1S/C22H18F2N4O2/c1-4-18-15(7-5-13-6-8-19(25-2)26-11-13)21(28-12-27-18)14-9-16(23)20(17(24)10-14)22(29)30-3/h6,8-12H,4H2,1-3H3,(H,25,26). The van der Waals surface area contributed by atoms with Crippen molar-refractivity contribution in [3.63, 3.8) is 0 Å². The molecule has 30 heavy (non-hydrogen) atoms. The zero-order chi connectivity index (χ0) is 21.7. The third-order valence-corrected chi connectivity index (χ3v) is 4.32. The Balaban J connectivity index is 2.11. The molecule has 0 aliphatic rings. The second kappa shape index (κ2) is 9.09. The molecular weight excluding hydrogens is 390 g/mol. The molecule has 1 N–H and O–H groups in total. The molecule has 0 aliphatic carbocycles. The fourth-order valence-electron chi connectivity index (χ4n) is 2.80. The molecule has 2 aromatic heterocycles. The Morgan fingerprint density at radius 3 is 2.43 bits per heavy atom. The number of hydrogen-bond acceptors (Lipinski definition) is 6. The van der Waals surface area contributed by atoms with Crippen LogP contribution in [0.1, 0.15) is 34.1 Å². The number of aromatic nitrogens is 3. The summed E-state index contributed by atoms with van der Waals surface area (Å²) in [4.78, 5) is 24.2. The van der Waals surface area contributed by atoms with E-state index in [1.807, 2.05) is 6.92 Å². The van der Waals surface area contributed by atoms with E-state index < -0.39 is 23.2 Å². The van der Waals surface area contributed by atoms with Crippen molar-refractivity contribution in [2.24, 2.45) is 0 Å². The van der Waals surface area contributed by atoms with Gasteiger partial charge >= 0.3 is 5.97 Å². The monoisotopic (exact) mass is 408 g/mol. The molecule has 8 heteroatoms. The zero-order valence-electron chi connectivity index (χ0n) is 16.6. The highest BCUT2D eigenvalue weighted by molar-refractivity contribution is 5.90. The van der Waals surface area contributed by atoms with Crippen LogP contribution >= 0.6 is 0 Å². The number of pyridine rings is 1. The molecule has 0 unspecified atom stereocenters. The zero-order valence-corrected chi connectivity index (χ0v) is 16.6. The van der Waals surface area contributed by atoms with E-state index in [-0.39, 0.29) is 11.3 Å². The quantitative estimate of drug-likeness (QED) is 0.525. The molecule has 6 nitrogen and oxygen atoms in total. The Morgan fingerprint density at radius 1 is 1.13 bits per heavy atom. The first kappa shape index (κ1) is 20.9. The van der Waals surface area contributed by atoms with Crippen LogP contribution in [0.25, 0.3) is 11.3 Å². The van der Waals surface area contributed by atoms with Crippen LogP contribution in [-0.2, 0) is 11.2 Å². The van der Waals surface area contributed by atoms with Crippen molar-refractivity contribution < 1.29 is 18.3 Å². The van der Waals surface area contributed by atoms with Crippen LogP contribution in [-0.4, -0.2) is 35.1 Å². The van der Waals surface area contributed by atoms with Gasteiger partial charge in [-0.15, -0.1) is 0 Å². The third kappa shape index (κ3) is 4.25. The highest BCUT2D eigenvalue weighted by Gasteiger charge is 2.21. The Morgan fingerprint density at radius 2 is 1.87 bits per heavy atom. The van der Waals surface area contributed by atoms with Crippen LogP contribution in [0.4, 0.5) is 14.6 Å². The van der Waals surface area contributed by atoms with Gasteiger partial charge in [0.05, 0.1) is 24.1 Å². The van der Waals surface area contributed by atoms with E-state index in [4.69, 9.17) is 0 Å². The van der Waals surface area contributed by atoms with Crippen LogP contribution in [0.15, 0.2) is 36.8 Å². The molecule has 3 rings (SSSR count). The van der Waals surface area contributed by atoms with E-state index in [1.165, 1.54) is 6.33 Å². The van der Waals surface area contributed by atoms with Crippen LogP contribution in [0.2, 0.25) is 0 Å². The fraction of sp³-hybridized carbons (Fsp3) is 0.182. The summed E-state index contributed by atoms with van der Waals surface area (Å²) in [5.74, 6) is 3.51. The molecule has 152 valence electrons. The number of methoxy groups -OCH3 is 1. The molecule has 1 aromatic carbocycles. The number of carbonyl (C=O) groups excluding carboxylic acids is 1. The minimum Gasteiger partial charge on any atom is -0.465 e. The highest BCUT2D eigenvalue weighted by Crippen LogP contribution is 2.27. The number of ether oxygens (including phenoxy) is 1. The van der Waals surface area contributed by atoms with Crippen molar-refractivity contribution in [2.45, 2.75) is 13.3 Å². The second-order valence-corrected chi connectivity index (χ2v) is 6.14. The van der Waals surface area contributed by atoms with Crippen molar-refractivity contribution in [1.29, 1.82) is 0 Å². The van der Waals surface area contributed by atoms with Gasteiger partial charge in [0.25, 0.3) is 0 Å². The Kier molecular flexibility index (Phi) is 6.32. The summed E-state index contributed by atoms with van der Waals surface area (Å²) >= 11 is 0. The number of carbonyl (C=O) groups is 1. The minimum atomic E-state index is -1.09. The molecule has 0 amide bonds. The van der Waals surface area contributed by atoms with Crippen molar-refractivity contribution in [2.75, 3.05) is 19.5 Å². The summed E-state index contributed by atoms with van der Waals surface area (Å²) in [6, 6.07) is 5.64. The van der Waals surface area contributed by atoms with Gasteiger partial charge in [-0.3, -0.25) is 0 Å². The van der Waals surface area contributed by atoms with Gasteiger partial charge in [-0.1, -0.05) is 18.8 Å². The lowest BCUT2D eigenvalue weighted by atomic mass is 10.0. The first-order valence-electron chi connectivity index (χ1n) is 9.05. The van der Waals surface area contributed by atoms with E-state index in [0.29, 0.717) is 29.1 Å². The first-order valence-corrected chi connectivity index (χ1v) is 9.05. The third-order valence-electron chi connectivity index (χ3n) is 4.32. The average molecular weight is 408 g/mol. The molecular formula is C22H18F2N4O2. The normalized spacial score (nSPS) is 10.2. The SMILES string of the molecule is CCc1ncnc(-c2cc(F)c(C(=O)OC)c(F)c2)c1C#Cc1ccc(NC)nc1. The van der Waals surface area contributed by atoms with Gasteiger partial charge in [0.2, 0.25) is 0 Å². The van der Waals surface area contributed by atoms with Gasteiger partial charge in [-0.05, 0) is 30.7 Å². The van der Waals surface area contributed by atoms with Crippen molar-refractivity contribution in [3.8, 4) is 23.1 Å². The molecule has 0 atom stereocenters. The van der Waals surface area contributed by atoms with Crippen LogP contribution < -0.4 is 5.32 Å². The predicted octanol–water partition coefficient (Wildman–Crippen LogP) is 3.61. The number of aryl methyl sites for hydroxylation is 1. The molecule has 0 radical (unpaired) electrons. The molecule has 0 fully saturated rings. The summed E-state index contributed by atoms with van der Waals surface area (Å²) in [7, 11) is 2.82. The van der Waals surface area contributed by atoms with E-state index in [1.54, 1.807) is 25.4 Å². The highest BCUT2D eigenvalue weighted by atomic mass is 19.1. The van der Waals surface area contributed by atoms with Gasteiger partial charge in [-0.2, -0.15) is 0 Å².